The lowest BCUT2D eigenvalue weighted by Crippen LogP contribution is -2.14. The van der Waals surface area contributed by atoms with E-state index in [-0.39, 0.29) is 21.2 Å². The van der Waals surface area contributed by atoms with E-state index in [1.54, 1.807) is 0 Å². The largest absolute Gasteiger partial charge is 0.465 e. The predicted octanol–water partition coefficient (Wildman–Crippen LogP) is 3.88. The van der Waals surface area contributed by atoms with Crippen molar-refractivity contribution in [3.05, 3.63) is 58.6 Å². The minimum atomic E-state index is -3.98. The number of carbonyl (C=O) groups excluding carboxylic acids is 2. The summed E-state index contributed by atoms with van der Waals surface area (Å²) in [5.41, 5.74) is 0.510. The molecule has 0 aliphatic heterocycles. The Hall–Kier alpha value is -2.58. The number of methoxy groups -OCH3 is 1. The molecule has 150 valence electrons. The van der Waals surface area contributed by atoms with Crippen LogP contribution in [0.4, 0.5) is 5.69 Å². The van der Waals surface area contributed by atoms with E-state index in [9.17, 15) is 18.0 Å². The summed E-state index contributed by atoms with van der Waals surface area (Å²) >= 11 is 5.91. The van der Waals surface area contributed by atoms with Crippen LogP contribution in [0.1, 0.15) is 40.5 Å². The molecular formula is C19H20ClNO6S. The summed E-state index contributed by atoms with van der Waals surface area (Å²) in [6.07, 6.45) is 1.69. The van der Waals surface area contributed by atoms with Crippen LogP contribution in [0.3, 0.4) is 0 Å². The van der Waals surface area contributed by atoms with Crippen molar-refractivity contribution < 1.29 is 27.5 Å². The van der Waals surface area contributed by atoms with Gasteiger partial charge >= 0.3 is 11.9 Å². The first-order chi connectivity index (χ1) is 13.3. The summed E-state index contributed by atoms with van der Waals surface area (Å²) in [6, 6.07) is 9.54. The molecule has 0 fully saturated rings. The van der Waals surface area contributed by atoms with Crippen LogP contribution in [-0.2, 0) is 19.5 Å². The summed E-state index contributed by atoms with van der Waals surface area (Å²) < 4.78 is 37.2. The van der Waals surface area contributed by atoms with Gasteiger partial charge in [0.15, 0.2) is 0 Å². The molecule has 0 heterocycles. The Morgan fingerprint density at radius 1 is 1.07 bits per heavy atom. The van der Waals surface area contributed by atoms with Crippen LogP contribution in [0.15, 0.2) is 47.4 Å². The van der Waals surface area contributed by atoms with Crippen LogP contribution >= 0.6 is 11.6 Å². The molecule has 2 aromatic rings. The van der Waals surface area contributed by atoms with Crippen molar-refractivity contribution in [1.29, 1.82) is 0 Å². The lowest BCUT2D eigenvalue weighted by atomic mass is 10.2. The van der Waals surface area contributed by atoms with E-state index < -0.39 is 22.0 Å². The van der Waals surface area contributed by atoms with Crippen molar-refractivity contribution in [2.24, 2.45) is 0 Å². The Kier molecular flexibility index (Phi) is 7.42. The predicted molar refractivity (Wildman–Crippen MR) is 105 cm³/mol. The molecule has 0 bridgehead atoms. The standard InChI is InChI=1S/C19H20ClNO6S/c1-3-4-11-27-18(22)13-5-7-14(8-6-13)21-28(24,25)15-9-10-17(20)16(12-15)19(23)26-2/h5-10,12,21H,3-4,11H2,1-2H3. The lowest BCUT2D eigenvalue weighted by molar-refractivity contribution is 0.0499. The Balaban J connectivity index is 2.16. The maximum absolute atomic E-state index is 12.6. The molecule has 0 aliphatic rings. The zero-order valence-corrected chi connectivity index (χ0v) is 17.0. The van der Waals surface area contributed by atoms with Gasteiger partial charge in [-0.1, -0.05) is 24.9 Å². The Bertz CT molecular complexity index is 957. The molecule has 0 aliphatic carbocycles. The number of rotatable bonds is 8. The van der Waals surface area contributed by atoms with Crippen molar-refractivity contribution in [2.45, 2.75) is 24.7 Å². The van der Waals surface area contributed by atoms with Gasteiger partial charge in [-0.15, -0.1) is 0 Å². The van der Waals surface area contributed by atoms with Gasteiger partial charge in [0.05, 0.1) is 34.8 Å². The van der Waals surface area contributed by atoms with Crippen molar-refractivity contribution in [3.63, 3.8) is 0 Å². The fraction of sp³-hybridized carbons (Fsp3) is 0.263. The maximum atomic E-state index is 12.6. The molecular weight excluding hydrogens is 406 g/mol. The highest BCUT2D eigenvalue weighted by atomic mass is 35.5. The van der Waals surface area contributed by atoms with Crippen LogP contribution in [0.2, 0.25) is 5.02 Å². The number of benzene rings is 2. The topological polar surface area (TPSA) is 98.8 Å². The average Bonchev–Trinajstić information content (AvgIpc) is 2.68. The number of nitrogens with one attached hydrogen (secondary N) is 1. The van der Waals surface area contributed by atoms with Crippen LogP contribution in [-0.4, -0.2) is 34.1 Å². The number of hydrogen-bond acceptors (Lipinski definition) is 6. The highest BCUT2D eigenvalue weighted by molar-refractivity contribution is 7.92. The van der Waals surface area contributed by atoms with E-state index in [1.807, 2.05) is 6.92 Å². The summed E-state index contributed by atoms with van der Waals surface area (Å²) in [5, 5.41) is 0.0803. The highest BCUT2D eigenvalue weighted by Gasteiger charge is 2.19. The molecule has 7 nitrogen and oxygen atoms in total. The molecule has 28 heavy (non-hydrogen) atoms. The molecule has 0 aromatic heterocycles. The number of hydrogen-bond donors (Lipinski definition) is 1. The monoisotopic (exact) mass is 425 g/mol. The van der Waals surface area contributed by atoms with E-state index in [2.05, 4.69) is 9.46 Å². The first-order valence-corrected chi connectivity index (χ1v) is 10.3. The Labute approximate surface area is 168 Å². The summed E-state index contributed by atoms with van der Waals surface area (Å²) in [5.74, 6) is -1.21. The van der Waals surface area contributed by atoms with E-state index in [0.717, 1.165) is 18.9 Å². The molecule has 0 radical (unpaired) electrons. The third-order valence-electron chi connectivity index (χ3n) is 3.76. The van der Waals surface area contributed by atoms with Crippen molar-refractivity contribution in [2.75, 3.05) is 18.4 Å². The second-order valence-electron chi connectivity index (χ2n) is 5.81. The normalized spacial score (nSPS) is 11.0. The molecule has 2 rings (SSSR count). The van der Waals surface area contributed by atoms with Crippen LogP contribution < -0.4 is 4.72 Å². The minimum Gasteiger partial charge on any atom is -0.465 e. The smallest absolute Gasteiger partial charge is 0.339 e. The third-order valence-corrected chi connectivity index (χ3v) is 5.47. The van der Waals surface area contributed by atoms with Gasteiger partial charge in [-0.25, -0.2) is 18.0 Å². The SMILES string of the molecule is CCCCOC(=O)c1ccc(NS(=O)(=O)c2ccc(Cl)c(C(=O)OC)c2)cc1. The van der Waals surface area contributed by atoms with E-state index in [1.165, 1.54) is 43.5 Å². The number of halogens is 1. The lowest BCUT2D eigenvalue weighted by Gasteiger charge is -2.10. The molecule has 9 heteroatoms. The summed E-state index contributed by atoms with van der Waals surface area (Å²) in [6.45, 7) is 2.33. The number of unbranched alkanes of at least 4 members (excludes halogenated alkanes) is 1. The number of esters is 2. The molecule has 0 spiro atoms. The number of ether oxygens (including phenoxy) is 2. The highest BCUT2D eigenvalue weighted by Crippen LogP contribution is 2.23. The van der Waals surface area contributed by atoms with Gasteiger partial charge in [0.2, 0.25) is 0 Å². The van der Waals surface area contributed by atoms with Gasteiger partial charge in [-0.05, 0) is 48.9 Å². The molecule has 0 amide bonds. The molecule has 0 saturated carbocycles. The van der Waals surface area contributed by atoms with E-state index >= 15 is 0 Å². The fourth-order valence-corrected chi connectivity index (χ4v) is 3.50. The third kappa shape index (κ3) is 5.46. The second kappa shape index (κ2) is 9.57. The Morgan fingerprint density at radius 2 is 1.75 bits per heavy atom. The maximum Gasteiger partial charge on any atom is 0.339 e. The van der Waals surface area contributed by atoms with Gasteiger partial charge < -0.3 is 9.47 Å². The second-order valence-corrected chi connectivity index (χ2v) is 7.90. The van der Waals surface area contributed by atoms with Crippen LogP contribution in [0.5, 0.6) is 0 Å². The molecule has 0 saturated heterocycles. The number of sulfonamides is 1. The van der Waals surface area contributed by atoms with Crippen molar-refractivity contribution >= 4 is 39.3 Å². The summed E-state index contributed by atoms with van der Waals surface area (Å²) in [7, 11) is -2.80. The van der Waals surface area contributed by atoms with Gasteiger partial charge in [0.1, 0.15) is 0 Å². The average molecular weight is 426 g/mol. The number of carbonyl (C=O) groups is 2. The molecule has 0 atom stereocenters. The quantitative estimate of drug-likeness (QED) is 0.509. The van der Waals surface area contributed by atoms with E-state index in [0.29, 0.717) is 12.2 Å². The van der Waals surface area contributed by atoms with Crippen molar-refractivity contribution in [3.8, 4) is 0 Å². The van der Waals surface area contributed by atoms with Gasteiger partial charge in [-0.3, -0.25) is 4.72 Å². The molecule has 0 unspecified atom stereocenters. The van der Waals surface area contributed by atoms with Gasteiger partial charge in [0.25, 0.3) is 10.0 Å². The van der Waals surface area contributed by atoms with E-state index in [4.69, 9.17) is 16.3 Å². The molecule has 2 aromatic carbocycles. The fourth-order valence-electron chi connectivity index (χ4n) is 2.22. The number of anilines is 1. The van der Waals surface area contributed by atoms with Crippen LogP contribution in [0, 0.1) is 0 Å². The summed E-state index contributed by atoms with van der Waals surface area (Å²) in [4.78, 5) is 23.4. The van der Waals surface area contributed by atoms with Gasteiger partial charge in [-0.2, -0.15) is 0 Å². The zero-order valence-electron chi connectivity index (χ0n) is 15.4. The zero-order chi connectivity index (χ0) is 20.7. The minimum absolute atomic E-state index is 0.0581. The Morgan fingerprint density at radius 3 is 2.36 bits per heavy atom. The van der Waals surface area contributed by atoms with Crippen LogP contribution in [0.25, 0.3) is 0 Å². The molecule has 1 N–H and O–H groups in total. The first kappa shape index (κ1) is 21.7. The van der Waals surface area contributed by atoms with Gasteiger partial charge in [0, 0.05) is 5.69 Å². The van der Waals surface area contributed by atoms with Crippen molar-refractivity contribution in [1.82, 2.24) is 0 Å². The first-order valence-electron chi connectivity index (χ1n) is 8.46.